The molecule has 1 atom stereocenters. The third-order valence-corrected chi connectivity index (χ3v) is 4.49. The van der Waals surface area contributed by atoms with Gasteiger partial charge < -0.3 is 10.2 Å². The van der Waals surface area contributed by atoms with E-state index in [2.05, 4.69) is 27.4 Å². The zero-order chi connectivity index (χ0) is 17.6. The number of anilines is 1. The summed E-state index contributed by atoms with van der Waals surface area (Å²) in [7, 11) is 0. The maximum atomic E-state index is 12.3. The van der Waals surface area contributed by atoms with Crippen LogP contribution in [-0.2, 0) is 6.54 Å². The number of aryl methyl sites for hydroxylation is 1. The number of carbonyl (C=O) groups is 1. The lowest BCUT2D eigenvalue weighted by Gasteiger charge is -2.18. The molecular weight excluding hydrogens is 316 g/mol. The van der Waals surface area contributed by atoms with Crippen molar-refractivity contribution in [2.24, 2.45) is 5.92 Å². The first kappa shape index (κ1) is 17.2. The summed E-state index contributed by atoms with van der Waals surface area (Å²) in [6.07, 6.45) is 1.85. The van der Waals surface area contributed by atoms with E-state index in [1.807, 2.05) is 25.1 Å². The first-order chi connectivity index (χ1) is 12.2. The van der Waals surface area contributed by atoms with E-state index in [9.17, 15) is 9.59 Å². The van der Waals surface area contributed by atoms with Gasteiger partial charge in [0.1, 0.15) is 5.69 Å². The molecule has 0 unspecified atom stereocenters. The van der Waals surface area contributed by atoms with E-state index in [1.54, 1.807) is 0 Å². The fourth-order valence-electron chi connectivity index (χ4n) is 3.14. The molecule has 0 saturated carbocycles. The Bertz CT molecular complexity index is 772. The van der Waals surface area contributed by atoms with Crippen LogP contribution in [0.5, 0.6) is 0 Å². The van der Waals surface area contributed by atoms with Gasteiger partial charge in [-0.05, 0) is 37.0 Å². The molecular formula is C19H24N4O2. The third-order valence-electron chi connectivity index (χ3n) is 4.49. The lowest BCUT2D eigenvalue weighted by Crippen LogP contribution is -2.33. The molecule has 6 nitrogen and oxygen atoms in total. The Morgan fingerprint density at radius 1 is 1.24 bits per heavy atom. The zero-order valence-corrected chi connectivity index (χ0v) is 14.5. The van der Waals surface area contributed by atoms with Gasteiger partial charge in [0.15, 0.2) is 0 Å². The quantitative estimate of drug-likeness (QED) is 0.872. The highest BCUT2D eigenvalue weighted by Crippen LogP contribution is 2.22. The van der Waals surface area contributed by atoms with E-state index in [-0.39, 0.29) is 11.5 Å². The Morgan fingerprint density at radius 3 is 2.80 bits per heavy atom. The SMILES string of the molecule is CCCn1nc(C(=O)NC[C@@H]2CCN(c3ccccc3)C2)ccc1=O. The molecule has 0 aliphatic carbocycles. The molecule has 6 heteroatoms. The number of amides is 1. The largest absolute Gasteiger partial charge is 0.371 e. The van der Waals surface area contributed by atoms with Crippen LogP contribution in [0.15, 0.2) is 47.3 Å². The molecule has 1 amide bonds. The minimum atomic E-state index is -0.219. The summed E-state index contributed by atoms with van der Waals surface area (Å²) in [5, 5.41) is 7.11. The van der Waals surface area contributed by atoms with E-state index in [4.69, 9.17) is 0 Å². The van der Waals surface area contributed by atoms with Gasteiger partial charge in [0.05, 0.1) is 0 Å². The predicted molar refractivity (Wildman–Crippen MR) is 97.9 cm³/mol. The third kappa shape index (κ3) is 4.26. The van der Waals surface area contributed by atoms with Gasteiger partial charge >= 0.3 is 0 Å². The maximum Gasteiger partial charge on any atom is 0.271 e. The molecule has 0 spiro atoms. The molecule has 1 aromatic carbocycles. The molecule has 25 heavy (non-hydrogen) atoms. The van der Waals surface area contributed by atoms with Crippen LogP contribution in [0.25, 0.3) is 0 Å². The van der Waals surface area contributed by atoms with Crippen LogP contribution in [0.4, 0.5) is 5.69 Å². The van der Waals surface area contributed by atoms with Crippen molar-refractivity contribution in [3.8, 4) is 0 Å². The van der Waals surface area contributed by atoms with Gasteiger partial charge in [0, 0.05) is 37.9 Å². The zero-order valence-electron chi connectivity index (χ0n) is 14.5. The summed E-state index contributed by atoms with van der Waals surface area (Å²) in [5.41, 5.74) is 1.35. The molecule has 2 aromatic rings. The second-order valence-corrected chi connectivity index (χ2v) is 6.43. The van der Waals surface area contributed by atoms with Gasteiger partial charge in [-0.25, -0.2) is 4.68 Å². The van der Waals surface area contributed by atoms with E-state index in [1.165, 1.54) is 22.5 Å². The van der Waals surface area contributed by atoms with Crippen molar-refractivity contribution in [3.05, 3.63) is 58.5 Å². The normalized spacial score (nSPS) is 16.8. The fraction of sp³-hybridized carbons (Fsp3) is 0.421. The Kier molecular flexibility index (Phi) is 5.48. The van der Waals surface area contributed by atoms with Gasteiger partial charge in [0.25, 0.3) is 11.5 Å². The highest BCUT2D eigenvalue weighted by molar-refractivity contribution is 5.91. The highest BCUT2D eigenvalue weighted by atomic mass is 16.2. The average Bonchev–Trinajstić information content (AvgIpc) is 3.11. The van der Waals surface area contributed by atoms with Crippen molar-refractivity contribution in [2.75, 3.05) is 24.5 Å². The number of nitrogens with one attached hydrogen (secondary N) is 1. The van der Waals surface area contributed by atoms with Crippen LogP contribution in [0.3, 0.4) is 0 Å². The molecule has 132 valence electrons. The molecule has 1 fully saturated rings. The fourth-order valence-corrected chi connectivity index (χ4v) is 3.14. The average molecular weight is 340 g/mol. The minimum absolute atomic E-state index is 0.173. The molecule has 1 aliphatic heterocycles. The van der Waals surface area contributed by atoms with E-state index in [0.717, 1.165) is 25.9 Å². The second-order valence-electron chi connectivity index (χ2n) is 6.43. The summed E-state index contributed by atoms with van der Waals surface area (Å²) in [6, 6.07) is 13.2. The van der Waals surface area contributed by atoms with E-state index in [0.29, 0.717) is 24.7 Å². The monoisotopic (exact) mass is 340 g/mol. The van der Waals surface area contributed by atoms with Crippen molar-refractivity contribution in [1.82, 2.24) is 15.1 Å². The molecule has 1 saturated heterocycles. The van der Waals surface area contributed by atoms with Crippen molar-refractivity contribution in [2.45, 2.75) is 26.3 Å². The van der Waals surface area contributed by atoms with Gasteiger partial charge in [-0.3, -0.25) is 9.59 Å². The van der Waals surface area contributed by atoms with Crippen molar-refractivity contribution >= 4 is 11.6 Å². The van der Waals surface area contributed by atoms with Crippen molar-refractivity contribution in [3.63, 3.8) is 0 Å². The lowest BCUT2D eigenvalue weighted by molar-refractivity contribution is 0.0940. The summed E-state index contributed by atoms with van der Waals surface area (Å²) < 4.78 is 1.35. The van der Waals surface area contributed by atoms with Crippen LogP contribution >= 0.6 is 0 Å². The number of hydrogen-bond acceptors (Lipinski definition) is 4. The first-order valence-corrected chi connectivity index (χ1v) is 8.83. The Balaban J connectivity index is 1.55. The summed E-state index contributed by atoms with van der Waals surface area (Å²) in [6.45, 7) is 5.06. The summed E-state index contributed by atoms with van der Waals surface area (Å²) in [5.74, 6) is 0.203. The van der Waals surface area contributed by atoms with E-state index >= 15 is 0 Å². The van der Waals surface area contributed by atoms with E-state index < -0.39 is 0 Å². The molecule has 0 bridgehead atoms. The predicted octanol–water partition coefficient (Wildman–Crippen LogP) is 1.91. The number of aromatic nitrogens is 2. The standard InChI is InChI=1S/C19H24N4O2/c1-2-11-23-18(24)9-8-17(21-23)19(25)20-13-15-10-12-22(14-15)16-6-4-3-5-7-16/h3-9,15H,2,10-14H2,1H3,(H,20,25)/t15-/m0/s1. The Morgan fingerprint density at radius 2 is 2.04 bits per heavy atom. The van der Waals surface area contributed by atoms with Gasteiger partial charge in [-0.1, -0.05) is 25.1 Å². The lowest BCUT2D eigenvalue weighted by atomic mass is 10.1. The first-order valence-electron chi connectivity index (χ1n) is 8.83. The molecule has 0 radical (unpaired) electrons. The number of carbonyl (C=O) groups excluding carboxylic acids is 1. The van der Waals surface area contributed by atoms with Crippen LogP contribution in [0.1, 0.15) is 30.3 Å². The van der Waals surface area contributed by atoms with Crippen LogP contribution in [-0.4, -0.2) is 35.3 Å². The highest BCUT2D eigenvalue weighted by Gasteiger charge is 2.23. The van der Waals surface area contributed by atoms with Gasteiger partial charge in [0.2, 0.25) is 0 Å². The van der Waals surface area contributed by atoms with Gasteiger partial charge in [-0.15, -0.1) is 0 Å². The van der Waals surface area contributed by atoms with Crippen LogP contribution in [0.2, 0.25) is 0 Å². The van der Waals surface area contributed by atoms with Crippen molar-refractivity contribution < 1.29 is 4.79 Å². The Hall–Kier alpha value is -2.63. The summed E-state index contributed by atoms with van der Waals surface area (Å²) in [4.78, 5) is 26.3. The molecule has 1 aliphatic rings. The number of nitrogens with zero attached hydrogens (tertiary/aromatic N) is 3. The van der Waals surface area contributed by atoms with Crippen LogP contribution < -0.4 is 15.8 Å². The topological polar surface area (TPSA) is 67.2 Å². The summed E-state index contributed by atoms with van der Waals surface area (Å²) >= 11 is 0. The molecule has 1 aromatic heterocycles. The van der Waals surface area contributed by atoms with Crippen molar-refractivity contribution in [1.29, 1.82) is 0 Å². The number of para-hydroxylation sites is 1. The second kappa shape index (κ2) is 7.96. The smallest absolute Gasteiger partial charge is 0.271 e. The molecule has 2 heterocycles. The molecule has 1 N–H and O–H groups in total. The maximum absolute atomic E-state index is 12.3. The molecule has 3 rings (SSSR count). The minimum Gasteiger partial charge on any atom is -0.371 e. The van der Waals surface area contributed by atoms with Crippen LogP contribution in [0, 0.1) is 5.92 Å². The van der Waals surface area contributed by atoms with Gasteiger partial charge in [-0.2, -0.15) is 5.10 Å². The number of benzene rings is 1. The number of rotatable bonds is 6. The number of hydrogen-bond donors (Lipinski definition) is 1. The Labute approximate surface area is 147 Å².